The van der Waals surface area contributed by atoms with Crippen molar-refractivity contribution in [1.29, 1.82) is 0 Å². The summed E-state index contributed by atoms with van der Waals surface area (Å²) in [5.74, 6) is 2.08. The number of anilines is 1. The molecule has 0 unspecified atom stereocenters. The smallest absolute Gasteiger partial charge is 0.229 e. The second-order valence-corrected chi connectivity index (χ2v) is 10.4. The molecule has 3 aromatic heterocycles. The van der Waals surface area contributed by atoms with Crippen LogP contribution in [0.15, 0.2) is 30.5 Å². The largest absolute Gasteiger partial charge is 0.378 e. The minimum Gasteiger partial charge on any atom is -0.378 e. The van der Waals surface area contributed by atoms with E-state index in [0.29, 0.717) is 30.8 Å². The summed E-state index contributed by atoms with van der Waals surface area (Å²) < 4.78 is 5.56. The number of likely N-dealkylation sites (N-methyl/N-ethyl adjacent to an activating group) is 2. The molecule has 0 saturated carbocycles. The molecule has 1 aliphatic heterocycles. The lowest BCUT2D eigenvalue weighted by atomic mass is 10.1. The summed E-state index contributed by atoms with van der Waals surface area (Å²) >= 11 is 1.77. The summed E-state index contributed by atoms with van der Waals surface area (Å²) in [7, 11) is 6.39. The van der Waals surface area contributed by atoms with Gasteiger partial charge in [-0.15, -0.1) is 11.3 Å². The molecule has 0 aliphatic carbocycles. The van der Waals surface area contributed by atoms with Crippen molar-refractivity contribution in [3.8, 4) is 22.1 Å². The van der Waals surface area contributed by atoms with Crippen molar-refractivity contribution in [2.75, 3.05) is 65.4 Å². The summed E-state index contributed by atoms with van der Waals surface area (Å²) in [5, 5.41) is 8.27. The number of H-pyrrole nitrogens is 1. The Bertz CT molecular complexity index is 1290. The first kappa shape index (κ1) is 23.8. The van der Waals surface area contributed by atoms with Gasteiger partial charge in [-0.25, -0.2) is 4.98 Å². The lowest BCUT2D eigenvalue weighted by Crippen LogP contribution is -2.37. The maximum Gasteiger partial charge on any atom is 0.229 e. The minimum atomic E-state index is 0.666. The van der Waals surface area contributed by atoms with E-state index in [-0.39, 0.29) is 0 Å². The van der Waals surface area contributed by atoms with Crippen molar-refractivity contribution < 1.29 is 4.74 Å². The second kappa shape index (κ2) is 10.4. The number of benzene rings is 1. The summed E-state index contributed by atoms with van der Waals surface area (Å²) in [4.78, 5) is 24.0. The van der Waals surface area contributed by atoms with Crippen LogP contribution in [-0.2, 0) is 11.3 Å². The molecule has 0 amide bonds. The number of nitrogens with one attached hydrogen (secondary N) is 1. The second-order valence-electron chi connectivity index (χ2n) is 9.28. The Balaban J connectivity index is 1.52. The van der Waals surface area contributed by atoms with Crippen LogP contribution in [0.25, 0.3) is 33.0 Å². The molecule has 0 bridgehead atoms. The molecule has 184 valence electrons. The minimum absolute atomic E-state index is 0.666. The first-order valence-corrected chi connectivity index (χ1v) is 12.7. The number of thiophene rings is 1. The number of nitrogens with zero attached hydrogens (tertiary/aromatic N) is 7. The Morgan fingerprint density at radius 1 is 1.06 bits per heavy atom. The van der Waals surface area contributed by atoms with Gasteiger partial charge in [0.1, 0.15) is 0 Å². The average molecular weight is 493 g/mol. The van der Waals surface area contributed by atoms with Crippen LogP contribution < -0.4 is 4.90 Å². The molecule has 1 aromatic carbocycles. The highest BCUT2D eigenvalue weighted by Crippen LogP contribution is 2.33. The highest BCUT2D eigenvalue weighted by molar-refractivity contribution is 7.15. The number of rotatable bonds is 8. The summed E-state index contributed by atoms with van der Waals surface area (Å²) in [6, 6.07) is 8.27. The third-order valence-electron chi connectivity index (χ3n) is 6.23. The number of ether oxygens (including phenoxy) is 1. The molecule has 9 nitrogen and oxygen atoms in total. The lowest BCUT2D eigenvalue weighted by Gasteiger charge is -2.27. The van der Waals surface area contributed by atoms with Gasteiger partial charge in [0.05, 0.1) is 29.8 Å². The standard InChI is InChI=1S/C25H32N8OS/c1-17-14-21(35-22(17)16-32(4)9-8-31(2)3)24-27-23(18-6-5-7-20-19(18)15-26-30-20)28-25(29-24)33-10-12-34-13-11-33/h5-7,14-15H,8-13,16H2,1-4H3,(H,26,30). The van der Waals surface area contributed by atoms with Crippen LogP contribution in [0.4, 0.5) is 5.95 Å². The highest BCUT2D eigenvalue weighted by Gasteiger charge is 2.20. The summed E-state index contributed by atoms with van der Waals surface area (Å²) in [6.07, 6.45) is 1.83. The Morgan fingerprint density at radius 2 is 1.86 bits per heavy atom. The zero-order valence-electron chi connectivity index (χ0n) is 20.8. The van der Waals surface area contributed by atoms with Crippen LogP contribution in [0.5, 0.6) is 0 Å². The van der Waals surface area contributed by atoms with Gasteiger partial charge in [0.2, 0.25) is 5.95 Å². The molecular formula is C25H32N8OS. The molecule has 4 aromatic rings. The first-order chi connectivity index (χ1) is 17.0. The van der Waals surface area contributed by atoms with E-state index in [0.717, 1.165) is 54.1 Å². The molecule has 1 N–H and O–H groups in total. The van der Waals surface area contributed by atoms with E-state index in [1.807, 2.05) is 24.4 Å². The van der Waals surface area contributed by atoms with Gasteiger partial charge in [0.25, 0.3) is 0 Å². The lowest BCUT2D eigenvalue weighted by molar-refractivity contribution is 0.122. The van der Waals surface area contributed by atoms with Crippen LogP contribution >= 0.6 is 11.3 Å². The van der Waals surface area contributed by atoms with Gasteiger partial charge in [0, 0.05) is 48.6 Å². The highest BCUT2D eigenvalue weighted by atomic mass is 32.1. The Hall–Kier alpha value is -2.92. The predicted molar refractivity (Wildman–Crippen MR) is 141 cm³/mol. The van der Waals surface area contributed by atoms with E-state index in [2.05, 4.69) is 59.0 Å². The zero-order chi connectivity index (χ0) is 24.4. The van der Waals surface area contributed by atoms with Crippen molar-refractivity contribution in [1.82, 2.24) is 34.9 Å². The van der Waals surface area contributed by atoms with Gasteiger partial charge in [-0.05, 0) is 45.8 Å². The van der Waals surface area contributed by atoms with Crippen LogP contribution in [0, 0.1) is 6.92 Å². The first-order valence-electron chi connectivity index (χ1n) is 11.9. The summed E-state index contributed by atoms with van der Waals surface area (Å²) in [6.45, 7) is 8.02. The summed E-state index contributed by atoms with van der Waals surface area (Å²) in [5.41, 5.74) is 3.19. The molecule has 4 heterocycles. The Kier molecular flexibility index (Phi) is 7.05. The van der Waals surface area contributed by atoms with Gasteiger partial charge in [-0.3, -0.25) is 5.10 Å². The van der Waals surface area contributed by atoms with Crippen LogP contribution in [0.3, 0.4) is 0 Å². The Labute approximate surface area is 209 Å². The molecule has 0 spiro atoms. The molecule has 10 heteroatoms. The fourth-order valence-electron chi connectivity index (χ4n) is 4.15. The SMILES string of the molecule is Cc1cc(-c2nc(-c3cccc4[nH]ncc34)nc(N3CCOCC3)n2)sc1CN(C)CCN(C)C. The monoisotopic (exact) mass is 492 g/mol. The third-order valence-corrected chi connectivity index (χ3v) is 7.44. The van der Waals surface area contributed by atoms with Crippen LogP contribution in [0.1, 0.15) is 10.4 Å². The number of hydrogen-bond acceptors (Lipinski definition) is 9. The average Bonchev–Trinajstić information content (AvgIpc) is 3.49. The number of aromatic amines is 1. The van der Waals surface area contributed by atoms with Crippen molar-refractivity contribution in [2.24, 2.45) is 0 Å². The molecule has 35 heavy (non-hydrogen) atoms. The van der Waals surface area contributed by atoms with Crippen LogP contribution in [-0.4, -0.2) is 95.5 Å². The number of aryl methyl sites for hydroxylation is 1. The normalized spacial score (nSPS) is 14.5. The number of hydrogen-bond donors (Lipinski definition) is 1. The molecule has 1 fully saturated rings. The van der Waals surface area contributed by atoms with E-state index in [9.17, 15) is 0 Å². The predicted octanol–water partition coefficient (Wildman–Crippen LogP) is 3.28. The van der Waals surface area contributed by atoms with Gasteiger partial charge in [-0.2, -0.15) is 15.1 Å². The quantitative estimate of drug-likeness (QED) is 0.401. The molecule has 5 rings (SSSR count). The van der Waals surface area contributed by atoms with E-state index in [1.165, 1.54) is 10.4 Å². The van der Waals surface area contributed by atoms with Crippen molar-refractivity contribution in [3.63, 3.8) is 0 Å². The molecule has 0 radical (unpaired) electrons. The van der Waals surface area contributed by atoms with Gasteiger partial charge in [-0.1, -0.05) is 12.1 Å². The fraction of sp³-hybridized carbons (Fsp3) is 0.440. The van der Waals surface area contributed by atoms with Crippen LogP contribution in [0.2, 0.25) is 0 Å². The maximum atomic E-state index is 5.56. The Morgan fingerprint density at radius 3 is 2.66 bits per heavy atom. The topological polar surface area (TPSA) is 86.3 Å². The van der Waals surface area contributed by atoms with Crippen molar-refractivity contribution in [3.05, 3.63) is 40.9 Å². The molecule has 0 atom stereocenters. The third kappa shape index (κ3) is 5.35. The maximum absolute atomic E-state index is 5.56. The number of fused-ring (bicyclic) bond motifs is 1. The van der Waals surface area contributed by atoms with Gasteiger partial charge in [0.15, 0.2) is 11.6 Å². The fourth-order valence-corrected chi connectivity index (χ4v) is 5.33. The van der Waals surface area contributed by atoms with Crippen molar-refractivity contribution in [2.45, 2.75) is 13.5 Å². The number of morpholine rings is 1. The molecule has 1 aliphatic rings. The van der Waals surface area contributed by atoms with E-state index in [1.54, 1.807) is 11.3 Å². The molecular weight excluding hydrogens is 460 g/mol. The van der Waals surface area contributed by atoms with Crippen molar-refractivity contribution >= 4 is 28.2 Å². The van der Waals surface area contributed by atoms with E-state index >= 15 is 0 Å². The zero-order valence-corrected chi connectivity index (χ0v) is 21.6. The van der Waals surface area contributed by atoms with Gasteiger partial charge < -0.3 is 19.4 Å². The number of aromatic nitrogens is 5. The van der Waals surface area contributed by atoms with E-state index < -0.39 is 0 Å². The van der Waals surface area contributed by atoms with E-state index in [4.69, 9.17) is 19.7 Å². The molecule has 1 saturated heterocycles. The van der Waals surface area contributed by atoms with Gasteiger partial charge >= 0.3 is 0 Å².